The molecule has 2 aromatic rings. The first-order valence-corrected chi connectivity index (χ1v) is 7.87. The molecule has 132 valence electrons. The van der Waals surface area contributed by atoms with Crippen LogP contribution in [0.5, 0.6) is 5.75 Å². The smallest absolute Gasteiger partial charge is 0.339 e. The third-order valence-electron chi connectivity index (χ3n) is 3.58. The van der Waals surface area contributed by atoms with Gasteiger partial charge in [0.1, 0.15) is 11.6 Å². The van der Waals surface area contributed by atoms with E-state index in [2.05, 4.69) is 5.32 Å². The number of benzene rings is 2. The monoisotopic (exact) mass is 345 g/mol. The number of methoxy groups -OCH3 is 1. The Labute approximate surface area is 145 Å². The Morgan fingerprint density at radius 3 is 2.56 bits per heavy atom. The third-order valence-corrected chi connectivity index (χ3v) is 3.58. The second-order valence-electron chi connectivity index (χ2n) is 5.45. The minimum absolute atomic E-state index is 0.300. The Morgan fingerprint density at radius 2 is 1.88 bits per heavy atom. The van der Waals surface area contributed by atoms with Gasteiger partial charge < -0.3 is 14.8 Å². The van der Waals surface area contributed by atoms with E-state index in [-0.39, 0.29) is 5.82 Å². The Kier molecular flexibility index (Phi) is 6.51. The Bertz CT molecular complexity index is 730. The molecule has 0 fully saturated rings. The summed E-state index contributed by atoms with van der Waals surface area (Å²) in [7, 11) is 1.50. The second kappa shape index (κ2) is 8.82. The summed E-state index contributed by atoms with van der Waals surface area (Å²) in [6, 6.07) is 12.6. The molecule has 0 aliphatic carbocycles. The summed E-state index contributed by atoms with van der Waals surface area (Å²) in [5.74, 6) is -0.754. The SMILES string of the molecule is COc1cccc(C(=O)O[C@@H](C)C(=O)NCCc2ccc(F)cc2)c1. The van der Waals surface area contributed by atoms with E-state index in [1.165, 1.54) is 26.2 Å². The number of rotatable bonds is 7. The van der Waals surface area contributed by atoms with Crippen LogP contribution in [0.4, 0.5) is 4.39 Å². The zero-order chi connectivity index (χ0) is 18.2. The van der Waals surface area contributed by atoms with Gasteiger partial charge in [-0.25, -0.2) is 9.18 Å². The summed E-state index contributed by atoms with van der Waals surface area (Å²) in [6.45, 7) is 1.87. The highest BCUT2D eigenvalue weighted by molar-refractivity contribution is 5.92. The largest absolute Gasteiger partial charge is 0.497 e. The topological polar surface area (TPSA) is 64.6 Å². The maximum Gasteiger partial charge on any atom is 0.339 e. The van der Waals surface area contributed by atoms with Gasteiger partial charge in [0, 0.05) is 6.54 Å². The molecule has 2 aromatic carbocycles. The molecule has 0 unspecified atom stereocenters. The lowest BCUT2D eigenvalue weighted by Gasteiger charge is -2.14. The molecule has 0 spiro atoms. The summed E-state index contributed by atoms with van der Waals surface area (Å²) in [6.07, 6.45) is -0.366. The van der Waals surface area contributed by atoms with Gasteiger partial charge in [-0.15, -0.1) is 0 Å². The summed E-state index contributed by atoms with van der Waals surface area (Å²) in [5.41, 5.74) is 1.22. The lowest BCUT2D eigenvalue weighted by molar-refractivity contribution is -0.129. The molecule has 0 saturated heterocycles. The molecule has 1 amide bonds. The van der Waals surface area contributed by atoms with Crippen molar-refractivity contribution >= 4 is 11.9 Å². The lowest BCUT2D eigenvalue weighted by atomic mass is 10.1. The van der Waals surface area contributed by atoms with Gasteiger partial charge >= 0.3 is 5.97 Å². The molecule has 5 nitrogen and oxygen atoms in total. The van der Waals surface area contributed by atoms with Crippen molar-refractivity contribution in [2.45, 2.75) is 19.4 Å². The van der Waals surface area contributed by atoms with E-state index in [0.29, 0.717) is 24.3 Å². The first-order chi connectivity index (χ1) is 12.0. The summed E-state index contributed by atoms with van der Waals surface area (Å²) in [4.78, 5) is 24.1. The van der Waals surface area contributed by atoms with Crippen molar-refractivity contribution in [1.29, 1.82) is 0 Å². The van der Waals surface area contributed by atoms with Crippen LogP contribution in [0.25, 0.3) is 0 Å². The van der Waals surface area contributed by atoms with E-state index in [4.69, 9.17) is 9.47 Å². The number of hydrogen-bond donors (Lipinski definition) is 1. The molecule has 0 aliphatic heterocycles. The van der Waals surface area contributed by atoms with Gasteiger partial charge in [0.2, 0.25) is 0 Å². The van der Waals surface area contributed by atoms with Crippen LogP contribution >= 0.6 is 0 Å². The van der Waals surface area contributed by atoms with E-state index < -0.39 is 18.0 Å². The molecule has 1 atom stereocenters. The normalized spacial score (nSPS) is 11.5. The highest BCUT2D eigenvalue weighted by Crippen LogP contribution is 2.14. The van der Waals surface area contributed by atoms with E-state index in [0.717, 1.165) is 5.56 Å². The number of nitrogens with one attached hydrogen (secondary N) is 1. The number of esters is 1. The number of ether oxygens (including phenoxy) is 2. The minimum Gasteiger partial charge on any atom is -0.497 e. The zero-order valence-electron chi connectivity index (χ0n) is 14.1. The van der Waals surface area contributed by atoms with Crippen LogP contribution in [0.3, 0.4) is 0 Å². The highest BCUT2D eigenvalue weighted by Gasteiger charge is 2.18. The standard InChI is InChI=1S/C19H20FNO4/c1-13(25-19(23)15-4-3-5-17(12-15)24-2)18(22)21-11-10-14-6-8-16(20)9-7-14/h3-9,12-13H,10-11H2,1-2H3,(H,21,22)/t13-/m0/s1. The van der Waals surface area contributed by atoms with Crippen LogP contribution in [0.1, 0.15) is 22.8 Å². The van der Waals surface area contributed by atoms with Crippen molar-refractivity contribution in [3.05, 3.63) is 65.5 Å². The van der Waals surface area contributed by atoms with Gasteiger partial charge in [-0.2, -0.15) is 0 Å². The highest BCUT2D eigenvalue weighted by atomic mass is 19.1. The predicted octanol–water partition coefficient (Wildman–Crippen LogP) is 2.74. The summed E-state index contributed by atoms with van der Waals surface area (Å²) in [5, 5.41) is 2.69. The van der Waals surface area contributed by atoms with Crippen molar-refractivity contribution in [2.75, 3.05) is 13.7 Å². The molecule has 6 heteroatoms. The van der Waals surface area contributed by atoms with Gasteiger partial charge in [0.25, 0.3) is 5.91 Å². The molecule has 0 aliphatic rings. The van der Waals surface area contributed by atoms with Gasteiger partial charge in [-0.3, -0.25) is 4.79 Å². The van der Waals surface area contributed by atoms with E-state index in [1.54, 1.807) is 36.4 Å². The number of carbonyl (C=O) groups is 2. The fraction of sp³-hybridized carbons (Fsp3) is 0.263. The molecule has 25 heavy (non-hydrogen) atoms. The van der Waals surface area contributed by atoms with Crippen LogP contribution in [0.2, 0.25) is 0 Å². The van der Waals surface area contributed by atoms with Crippen molar-refractivity contribution < 1.29 is 23.5 Å². The quantitative estimate of drug-likeness (QED) is 0.784. The van der Waals surface area contributed by atoms with Gasteiger partial charge in [0.05, 0.1) is 12.7 Å². The molecule has 0 bridgehead atoms. The number of halogens is 1. The molecule has 2 rings (SSSR count). The van der Waals surface area contributed by atoms with E-state index in [1.807, 2.05) is 0 Å². The molecule has 1 N–H and O–H groups in total. The van der Waals surface area contributed by atoms with Gasteiger partial charge in [-0.1, -0.05) is 18.2 Å². The maximum atomic E-state index is 12.8. The fourth-order valence-corrected chi connectivity index (χ4v) is 2.16. The molecule has 0 aromatic heterocycles. The van der Waals surface area contributed by atoms with Crippen LogP contribution in [-0.4, -0.2) is 31.6 Å². The molecular formula is C19H20FNO4. The van der Waals surface area contributed by atoms with Crippen LogP contribution < -0.4 is 10.1 Å². The predicted molar refractivity (Wildman–Crippen MR) is 91.0 cm³/mol. The van der Waals surface area contributed by atoms with Crippen LogP contribution in [0, 0.1) is 5.82 Å². The van der Waals surface area contributed by atoms with E-state index in [9.17, 15) is 14.0 Å². The Hall–Kier alpha value is -2.89. The number of carbonyl (C=O) groups excluding carboxylic acids is 2. The van der Waals surface area contributed by atoms with E-state index >= 15 is 0 Å². The average Bonchev–Trinajstić information content (AvgIpc) is 2.63. The molecule has 0 radical (unpaired) electrons. The maximum absolute atomic E-state index is 12.8. The first-order valence-electron chi connectivity index (χ1n) is 7.87. The van der Waals surface area contributed by atoms with Gasteiger partial charge in [0.15, 0.2) is 6.10 Å². The summed E-state index contributed by atoms with van der Waals surface area (Å²) >= 11 is 0. The third kappa shape index (κ3) is 5.60. The molecule has 0 saturated carbocycles. The number of hydrogen-bond acceptors (Lipinski definition) is 4. The molecule has 0 heterocycles. The minimum atomic E-state index is -0.924. The lowest BCUT2D eigenvalue weighted by Crippen LogP contribution is -2.36. The van der Waals surface area contributed by atoms with Crippen molar-refractivity contribution in [1.82, 2.24) is 5.32 Å². The zero-order valence-corrected chi connectivity index (χ0v) is 14.1. The van der Waals surface area contributed by atoms with Crippen LogP contribution in [0.15, 0.2) is 48.5 Å². The second-order valence-corrected chi connectivity index (χ2v) is 5.45. The first kappa shape index (κ1) is 18.4. The van der Waals surface area contributed by atoms with Crippen molar-refractivity contribution in [3.63, 3.8) is 0 Å². The summed E-state index contributed by atoms with van der Waals surface area (Å²) < 4.78 is 23.0. The van der Waals surface area contributed by atoms with Crippen LogP contribution in [-0.2, 0) is 16.0 Å². The molecular weight excluding hydrogens is 325 g/mol. The van der Waals surface area contributed by atoms with Crippen molar-refractivity contribution in [2.24, 2.45) is 0 Å². The number of amides is 1. The van der Waals surface area contributed by atoms with Gasteiger partial charge in [-0.05, 0) is 49.2 Å². The Balaban J connectivity index is 1.80. The fourth-order valence-electron chi connectivity index (χ4n) is 2.16. The Morgan fingerprint density at radius 1 is 1.16 bits per heavy atom. The van der Waals surface area contributed by atoms with Crippen molar-refractivity contribution in [3.8, 4) is 5.75 Å². The average molecular weight is 345 g/mol.